The molecular weight excluding hydrogens is 316 g/mol. The third kappa shape index (κ3) is 4.10. The third-order valence-electron chi connectivity index (χ3n) is 4.59. The van der Waals surface area contributed by atoms with Crippen molar-refractivity contribution < 1.29 is 14.0 Å². The highest BCUT2D eigenvalue weighted by Crippen LogP contribution is 2.16. The van der Waals surface area contributed by atoms with E-state index >= 15 is 0 Å². The topological polar surface area (TPSA) is 62.6 Å². The predicted octanol–water partition coefficient (Wildman–Crippen LogP) is 2.86. The van der Waals surface area contributed by atoms with Gasteiger partial charge < -0.3 is 14.6 Å². The van der Waals surface area contributed by atoms with Gasteiger partial charge in [-0.15, -0.1) is 0 Å². The lowest BCUT2D eigenvalue weighted by Gasteiger charge is -2.24. The fraction of sp³-hybridized carbons (Fsp3) is 0.400. The molecule has 1 aliphatic rings. The molecule has 1 aliphatic heterocycles. The van der Waals surface area contributed by atoms with Crippen LogP contribution in [0.15, 0.2) is 40.8 Å². The van der Waals surface area contributed by atoms with Gasteiger partial charge >= 0.3 is 0 Å². The van der Waals surface area contributed by atoms with E-state index in [1.165, 1.54) is 0 Å². The first kappa shape index (κ1) is 17.3. The van der Waals surface area contributed by atoms with Crippen molar-refractivity contribution in [2.75, 3.05) is 13.1 Å². The lowest BCUT2D eigenvalue weighted by molar-refractivity contribution is -0.132. The van der Waals surface area contributed by atoms with E-state index < -0.39 is 6.04 Å². The SMILES string of the molecule is Cc1cc(C(=O)N[C@H](Cc2ccccc2)C(=O)N2CCCC2)c(C)o1. The summed E-state index contributed by atoms with van der Waals surface area (Å²) < 4.78 is 5.44. The fourth-order valence-corrected chi connectivity index (χ4v) is 3.30. The molecule has 132 valence electrons. The maximum absolute atomic E-state index is 12.9. The van der Waals surface area contributed by atoms with Crippen molar-refractivity contribution in [3.8, 4) is 0 Å². The molecule has 1 aromatic carbocycles. The highest BCUT2D eigenvalue weighted by molar-refractivity contribution is 5.98. The minimum atomic E-state index is -0.567. The van der Waals surface area contributed by atoms with E-state index in [-0.39, 0.29) is 11.8 Å². The van der Waals surface area contributed by atoms with Crippen LogP contribution < -0.4 is 5.32 Å². The number of carbonyl (C=O) groups is 2. The molecule has 1 aromatic heterocycles. The van der Waals surface area contributed by atoms with Crippen LogP contribution in [-0.2, 0) is 11.2 Å². The Morgan fingerprint density at radius 2 is 1.84 bits per heavy atom. The van der Waals surface area contributed by atoms with Crippen LogP contribution in [0.4, 0.5) is 0 Å². The van der Waals surface area contributed by atoms with E-state index in [1.54, 1.807) is 19.9 Å². The zero-order valence-corrected chi connectivity index (χ0v) is 14.7. The molecule has 0 radical (unpaired) electrons. The van der Waals surface area contributed by atoms with Crippen LogP contribution >= 0.6 is 0 Å². The van der Waals surface area contributed by atoms with Crippen molar-refractivity contribution in [3.05, 3.63) is 59.0 Å². The number of nitrogens with zero attached hydrogens (tertiary/aromatic N) is 1. The molecule has 1 atom stereocenters. The number of likely N-dealkylation sites (tertiary alicyclic amines) is 1. The predicted molar refractivity (Wildman–Crippen MR) is 95.4 cm³/mol. The van der Waals surface area contributed by atoms with E-state index in [4.69, 9.17) is 4.42 Å². The molecule has 3 rings (SSSR count). The molecule has 25 heavy (non-hydrogen) atoms. The largest absolute Gasteiger partial charge is 0.466 e. The van der Waals surface area contributed by atoms with Gasteiger partial charge in [-0.3, -0.25) is 9.59 Å². The number of carbonyl (C=O) groups excluding carboxylic acids is 2. The summed E-state index contributed by atoms with van der Waals surface area (Å²) >= 11 is 0. The Labute approximate surface area is 148 Å². The van der Waals surface area contributed by atoms with E-state index in [9.17, 15) is 9.59 Å². The molecule has 0 bridgehead atoms. The van der Waals surface area contributed by atoms with E-state index in [0.29, 0.717) is 23.5 Å². The number of hydrogen-bond acceptors (Lipinski definition) is 3. The Balaban J connectivity index is 1.78. The van der Waals surface area contributed by atoms with Crippen LogP contribution in [-0.4, -0.2) is 35.8 Å². The van der Waals surface area contributed by atoms with Crippen molar-refractivity contribution in [1.29, 1.82) is 0 Å². The molecule has 2 heterocycles. The summed E-state index contributed by atoms with van der Waals surface area (Å²) in [7, 11) is 0. The smallest absolute Gasteiger partial charge is 0.255 e. The molecule has 2 aromatic rings. The van der Waals surface area contributed by atoms with Gasteiger partial charge in [-0.25, -0.2) is 0 Å². The minimum Gasteiger partial charge on any atom is -0.466 e. The molecule has 2 amide bonds. The second-order valence-corrected chi connectivity index (χ2v) is 6.58. The van der Waals surface area contributed by atoms with Gasteiger partial charge in [-0.1, -0.05) is 30.3 Å². The van der Waals surface area contributed by atoms with Crippen LogP contribution in [0.25, 0.3) is 0 Å². The minimum absolute atomic E-state index is 0.00688. The van der Waals surface area contributed by atoms with Crippen LogP contribution in [0.2, 0.25) is 0 Å². The maximum Gasteiger partial charge on any atom is 0.255 e. The fourth-order valence-electron chi connectivity index (χ4n) is 3.30. The summed E-state index contributed by atoms with van der Waals surface area (Å²) in [5, 5.41) is 2.92. The summed E-state index contributed by atoms with van der Waals surface area (Å²) in [6.07, 6.45) is 2.54. The van der Waals surface area contributed by atoms with Crippen LogP contribution in [0.3, 0.4) is 0 Å². The molecule has 1 fully saturated rings. The average molecular weight is 340 g/mol. The first-order chi connectivity index (χ1) is 12.0. The second-order valence-electron chi connectivity index (χ2n) is 6.58. The van der Waals surface area contributed by atoms with Crippen molar-refractivity contribution in [2.45, 2.75) is 39.2 Å². The molecule has 0 saturated carbocycles. The highest BCUT2D eigenvalue weighted by Gasteiger charge is 2.29. The van der Waals surface area contributed by atoms with Gasteiger partial charge in [0.1, 0.15) is 17.6 Å². The lowest BCUT2D eigenvalue weighted by atomic mass is 10.0. The van der Waals surface area contributed by atoms with Gasteiger partial charge in [0, 0.05) is 19.5 Å². The Morgan fingerprint density at radius 1 is 1.16 bits per heavy atom. The number of nitrogens with one attached hydrogen (secondary N) is 1. The number of hydrogen-bond donors (Lipinski definition) is 1. The van der Waals surface area contributed by atoms with Gasteiger partial charge in [0.25, 0.3) is 5.91 Å². The summed E-state index contributed by atoms with van der Waals surface area (Å²) in [5.41, 5.74) is 1.52. The number of aryl methyl sites for hydroxylation is 2. The van der Waals surface area contributed by atoms with E-state index in [2.05, 4.69) is 5.32 Å². The molecular formula is C20H24N2O3. The van der Waals surface area contributed by atoms with Gasteiger partial charge in [0.15, 0.2) is 0 Å². The summed E-state index contributed by atoms with van der Waals surface area (Å²) in [4.78, 5) is 27.4. The average Bonchev–Trinajstić information content (AvgIpc) is 3.24. The number of rotatable bonds is 5. The van der Waals surface area contributed by atoms with Crippen molar-refractivity contribution >= 4 is 11.8 Å². The molecule has 1 N–H and O–H groups in total. The van der Waals surface area contributed by atoms with Crippen LogP contribution in [0.1, 0.15) is 40.3 Å². The third-order valence-corrected chi connectivity index (χ3v) is 4.59. The van der Waals surface area contributed by atoms with Crippen LogP contribution in [0.5, 0.6) is 0 Å². The van der Waals surface area contributed by atoms with E-state index in [1.807, 2.05) is 35.2 Å². The summed E-state index contributed by atoms with van der Waals surface area (Å²) in [6.45, 7) is 5.10. The van der Waals surface area contributed by atoms with Gasteiger partial charge in [-0.05, 0) is 38.3 Å². The Morgan fingerprint density at radius 3 is 2.44 bits per heavy atom. The van der Waals surface area contributed by atoms with E-state index in [0.717, 1.165) is 31.5 Å². The Bertz CT molecular complexity index is 746. The van der Waals surface area contributed by atoms with Gasteiger partial charge in [0.2, 0.25) is 5.91 Å². The lowest BCUT2D eigenvalue weighted by Crippen LogP contribution is -2.49. The quantitative estimate of drug-likeness (QED) is 0.910. The number of benzene rings is 1. The molecule has 5 nitrogen and oxygen atoms in total. The molecule has 0 unspecified atom stereocenters. The Hall–Kier alpha value is -2.56. The number of amides is 2. The molecule has 5 heteroatoms. The first-order valence-corrected chi connectivity index (χ1v) is 8.75. The van der Waals surface area contributed by atoms with Crippen LogP contribution in [0, 0.1) is 13.8 Å². The zero-order chi connectivity index (χ0) is 17.8. The van der Waals surface area contributed by atoms with Crippen molar-refractivity contribution in [3.63, 3.8) is 0 Å². The highest BCUT2D eigenvalue weighted by atomic mass is 16.3. The summed E-state index contributed by atoms with van der Waals surface area (Å²) in [6, 6.07) is 10.9. The molecule has 0 aliphatic carbocycles. The van der Waals surface area contributed by atoms with Gasteiger partial charge in [-0.2, -0.15) is 0 Å². The molecule has 0 spiro atoms. The maximum atomic E-state index is 12.9. The Kier molecular flexibility index (Phi) is 5.22. The second kappa shape index (κ2) is 7.55. The first-order valence-electron chi connectivity index (χ1n) is 8.75. The normalized spacial score (nSPS) is 15.2. The van der Waals surface area contributed by atoms with Crippen molar-refractivity contribution in [1.82, 2.24) is 10.2 Å². The zero-order valence-electron chi connectivity index (χ0n) is 14.7. The standard InChI is InChI=1S/C20H24N2O3/c1-14-12-17(15(2)25-14)19(23)21-18(13-16-8-4-3-5-9-16)20(24)22-10-6-7-11-22/h3-5,8-9,12,18H,6-7,10-11,13H2,1-2H3,(H,21,23)/t18-/m1/s1. The summed E-state index contributed by atoms with van der Waals surface area (Å²) in [5.74, 6) is 0.991. The molecule has 1 saturated heterocycles. The van der Waals surface area contributed by atoms with Gasteiger partial charge in [0.05, 0.1) is 5.56 Å². The van der Waals surface area contributed by atoms with Crippen molar-refractivity contribution in [2.24, 2.45) is 0 Å². The monoisotopic (exact) mass is 340 g/mol. The number of furan rings is 1.